The molecule has 4 nitrogen and oxygen atoms in total. The number of thioether (sulfide) groups is 1. The van der Waals surface area contributed by atoms with Gasteiger partial charge in [-0.2, -0.15) is 0 Å². The van der Waals surface area contributed by atoms with E-state index in [9.17, 15) is 4.79 Å². The molecule has 6 heteroatoms. The van der Waals surface area contributed by atoms with Crippen LogP contribution in [0.4, 0.5) is 5.13 Å². The first kappa shape index (κ1) is 13.3. The monoisotopic (exact) mass is 281 g/mol. The van der Waals surface area contributed by atoms with Crippen LogP contribution in [0.15, 0.2) is 29.1 Å². The first-order chi connectivity index (χ1) is 8.79. The Kier molecular flexibility index (Phi) is 4.95. The Morgan fingerprint density at radius 1 is 1.61 bits per heavy atom. The maximum absolute atomic E-state index is 12.0. The van der Waals surface area contributed by atoms with Crippen LogP contribution in [0.25, 0.3) is 0 Å². The number of nitrogens with zero attached hydrogens (tertiary/aromatic N) is 2. The van der Waals surface area contributed by atoms with E-state index >= 15 is 0 Å². The molecule has 1 aromatic rings. The van der Waals surface area contributed by atoms with Gasteiger partial charge < -0.3 is 5.32 Å². The van der Waals surface area contributed by atoms with Gasteiger partial charge in [0.15, 0.2) is 4.34 Å². The highest BCUT2D eigenvalue weighted by atomic mass is 32.2. The number of carbonyl (C=O) groups excluding carboxylic acids is 1. The van der Waals surface area contributed by atoms with E-state index in [1.165, 1.54) is 11.3 Å². The van der Waals surface area contributed by atoms with Crippen LogP contribution in [-0.4, -0.2) is 21.9 Å². The molecule has 18 heavy (non-hydrogen) atoms. The van der Waals surface area contributed by atoms with Crippen molar-refractivity contribution in [1.82, 2.24) is 10.2 Å². The molecule has 0 saturated heterocycles. The third-order valence-corrected chi connectivity index (χ3v) is 4.57. The van der Waals surface area contributed by atoms with Gasteiger partial charge in [-0.25, -0.2) is 0 Å². The van der Waals surface area contributed by atoms with Crippen LogP contribution in [0.3, 0.4) is 0 Å². The van der Waals surface area contributed by atoms with Crippen LogP contribution < -0.4 is 5.32 Å². The van der Waals surface area contributed by atoms with Crippen molar-refractivity contribution in [2.75, 3.05) is 11.1 Å². The summed E-state index contributed by atoms with van der Waals surface area (Å²) in [7, 11) is 0. The Balaban J connectivity index is 1.88. The Bertz CT molecular complexity index is 456. The molecule has 1 aromatic heterocycles. The third-order valence-electron chi connectivity index (χ3n) is 2.60. The summed E-state index contributed by atoms with van der Waals surface area (Å²) in [5, 5.41) is 11.4. The van der Waals surface area contributed by atoms with Crippen molar-refractivity contribution in [3.63, 3.8) is 0 Å². The summed E-state index contributed by atoms with van der Waals surface area (Å²) in [4.78, 5) is 12.0. The zero-order chi connectivity index (χ0) is 12.8. The van der Waals surface area contributed by atoms with E-state index in [4.69, 9.17) is 0 Å². The van der Waals surface area contributed by atoms with Crippen molar-refractivity contribution >= 4 is 34.1 Å². The first-order valence-electron chi connectivity index (χ1n) is 5.82. The quantitative estimate of drug-likeness (QED) is 0.512. The number of aromatic nitrogens is 2. The van der Waals surface area contributed by atoms with Gasteiger partial charge in [-0.1, -0.05) is 41.3 Å². The molecule has 1 N–H and O–H groups in total. The lowest BCUT2D eigenvalue weighted by Crippen LogP contribution is -2.23. The highest BCUT2D eigenvalue weighted by molar-refractivity contribution is 8.01. The highest BCUT2D eigenvalue weighted by Crippen LogP contribution is 2.26. The largest absolute Gasteiger partial charge is 0.300 e. The first-order valence-corrected chi connectivity index (χ1v) is 7.63. The molecule has 1 atom stereocenters. The van der Waals surface area contributed by atoms with Crippen molar-refractivity contribution in [3.05, 3.63) is 24.8 Å². The minimum absolute atomic E-state index is 0.0516. The van der Waals surface area contributed by atoms with E-state index in [1.54, 1.807) is 11.8 Å². The molecule has 2 rings (SSSR count). The number of hydrogen-bond acceptors (Lipinski definition) is 5. The fourth-order valence-corrected chi connectivity index (χ4v) is 3.20. The van der Waals surface area contributed by atoms with Crippen molar-refractivity contribution in [2.45, 2.75) is 23.6 Å². The molecular weight excluding hydrogens is 266 g/mol. The number of allylic oxidation sites excluding steroid dienone is 2. The molecule has 0 spiro atoms. The summed E-state index contributed by atoms with van der Waals surface area (Å²) in [6.45, 7) is 3.65. The van der Waals surface area contributed by atoms with Gasteiger partial charge in [0.25, 0.3) is 0 Å². The van der Waals surface area contributed by atoms with Crippen molar-refractivity contribution < 1.29 is 4.79 Å². The fourth-order valence-electron chi connectivity index (χ4n) is 1.69. The zero-order valence-corrected chi connectivity index (χ0v) is 11.6. The Labute approximate surface area is 115 Å². The second-order valence-corrected chi connectivity index (χ2v) is 6.19. The van der Waals surface area contributed by atoms with Crippen LogP contribution in [0.5, 0.6) is 0 Å². The predicted molar refractivity (Wildman–Crippen MR) is 75.9 cm³/mol. The molecule has 1 heterocycles. The highest BCUT2D eigenvalue weighted by Gasteiger charge is 2.19. The molecule has 96 valence electrons. The van der Waals surface area contributed by atoms with E-state index in [2.05, 4.69) is 34.2 Å². The summed E-state index contributed by atoms with van der Waals surface area (Å²) >= 11 is 2.98. The van der Waals surface area contributed by atoms with Gasteiger partial charge in [0.05, 0.1) is 0 Å². The molecule has 0 aliphatic heterocycles. The van der Waals surface area contributed by atoms with Crippen LogP contribution in [-0.2, 0) is 4.79 Å². The van der Waals surface area contributed by atoms with Crippen molar-refractivity contribution in [1.29, 1.82) is 0 Å². The Morgan fingerprint density at radius 2 is 2.50 bits per heavy atom. The second kappa shape index (κ2) is 6.70. The smallest absolute Gasteiger partial charge is 0.229 e. The summed E-state index contributed by atoms with van der Waals surface area (Å²) in [5.74, 6) is 0.926. The number of carbonyl (C=O) groups is 1. The van der Waals surface area contributed by atoms with Crippen molar-refractivity contribution in [2.24, 2.45) is 5.92 Å². The molecule has 0 bridgehead atoms. The lowest BCUT2D eigenvalue weighted by atomic mass is 9.94. The minimum Gasteiger partial charge on any atom is -0.300 e. The molecule has 1 aliphatic carbocycles. The number of rotatable bonds is 5. The topological polar surface area (TPSA) is 54.9 Å². The van der Waals surface area contributed by atoms with Crippen LogP contribution in [0, 0.1) is 5.92 Å². The molecule has 0 radical (unpaired) electrons. The molecular formula is C12H15N3OS2. The fraction of sp³-hybridized carbons (Fsp3) is 0.417. The molecule has 0 unspecified atom stereocenters. The van der Waals surface area contributed by atoms with Crippen molar-refractivity contribution in [3.8, 4) is 0 Å². The maximum atomic E-state index is 12.0. The van der Waals surface area contributed by atoms with Crippen LogP contribution in [0.1, 0.15) is 19.3 Å². The van der Waals surface area contributed by atoms with E-state index in [-0.39, 0.29) is 11.8 Å². The second-order valence-electron chi connectivity index (χ2n) is 3.94. The number of hydrogen-bond donors (Lipinski definition) is 1. The molecule has 0 aromatic carbocycles. The summed E-state index contributed by atoms with van der Waals surface area (Å²) in [5.41, 5.74) is 0. The average Bonchev–Trinajstić information content (AvgIpc) is 2.85. The van der Waals surface area contributed by atoms with E-state index in [0.717, 1.165) is 29.4 Å². The average molecular weight is 281 g/mol. The Morgan fingerprint density at radius 3 is 3.22 bits per heavy atom. The third kappa shape index (κ3) is 3.68. The van der Waals surface area contributed by atoms with Gasteiger partial charge in [-0.05, 0) is 19.3 Å². The number of nitrogens with one attached hydrogen (secondary N) is 1. The van der Waals surface area contributed by atoms with Crippen LogP contribution >= 0.6 is 23.1 Å². The Hall–Kier alpha value is -1.14. The minimum atomic E-state index is 0.0516. The predicted octanol–water partition coefficient (Wildman–Crippen LogP) is 3.11. The van der Waals surface area contributed by atoms with Crippen LogP contribution in [0.2, 0.25) is 0 Å². The molecule has 0 fully saturated rings. The lowest BCUT2D eigenvalue weighted by molar-refractivity contribution is -0.120. The molecule has 0 saturated carbocycles. The van der Waals surface area contributed by atoms with Gasteiger partial charge in [-0.15, -0.1) is 16.8 Å². The van der Waals surface area contributed by atoms with E-state index < -0.39 is 0 Å². The number of amides is 1. The summed E-state index contributed by atoms with van der Waals surface area (Å²) in [6, 6.07) is 0. The molecule has 1 aliphatic rings. The number of anilines is 1. The van der Waals surface area contributed by atoms with E-state index in [0.29, 0.717) is 5.13 Å². The summed E-state index contributed by atoms with van der Waals surface area (Å²) in [6.07, 6.45) is 8.73. The van der Waals surface area contributed by atoms with Gasteiger partial charge in [0, 0.05) is 11.7 Å². The SMILES string of the molecule is C=CCSc1nnc(NC(=O)[C@@H]2CC=CCC2)s1. The standard InChI is InChI=1S/C12H15N3OS2/c1-2-8-17-12-15-14-11(18-12)13-10(16)9-6-4-3-5-7-9/h2-4,9H,1,5-8H2,(H,13,14,16)/t9-/m1/s1. The van der Waals surface area contributed by atoms with E-state index in [1.807, 2.05) is 6.08 Å². The maximum Gasteiger partial charge on any atom is 0.229 e. The van der Waals surface area contributed by atoms with Gasteiger partial charge >= 0.3 is 0 Å². The van der Waals surface area contributed by atoms with Gasteiger partial charge in [-0.3, -0.25) is 4.79 Å². The summed E-state index contributed by atoms with van der Waals surface area (Å²) < 4.78 is 0.855. The zero-order valence-electron chi connectivity index (χ0n) is 9.96. The van der Waals surface area contributed by atoms with Gasteiger partial charge in [0.2, 0.25) is 11.0 Å². The lowest BCUT2D eigenvalue weighted by Gasteiger charge is -2.15. The normalized spacial score (nSPS) is 18.6. The molecule has 1 amide bonds. The van der Waals surface area contributed by atoms with Gasteiger partial charge in [0.1, 0.15) is 0 Å².